The summed E-state index contributed by atoms with van der Waals surface area (Å²) in [6.45, 7) is 5.70. The molecule has 1 aromatic heterocycles. The van der Waals surface area contributed by atoms with Crippen molar-refractivity contribution in [2.24, 2.45) is 0 Å². The van der Waals surface area contributed by atoms with Crippen LogP contribution >= 0.6 is 0 Å². The molecule has 0 fully saturated rings. The van der Waals surface area contributed by atoms with E-state index in [0.29, 0.717) is 0 Å². The number of aromatic nitrogens is 1. The van der Waals surface area contributed by atoms with E-state index in [2.05, 4.69) is 41.7 Å². The fourth-order valence-corrected chi connectivity index (χ4v) is 1.89. The molecular formula is C14H18N2O. The highest BCUT2D eigenvalue weighted by atomic mass is 16.5. The van der Waals surface area contributed by atoms with Gasteiger partial charge in [0.1, 0.15) is 0 Å². The Morgan fingerprint density at radius 3 is 2.59 bits per heavy atom. The smallest absolute Gasteiger partial charge is 0.150 e. The molecule has 0 aliphatic carbocycles. The molecule has 0 aliphatic rings. The number of aryl methyl sites for hydroxylation is 2. The highest BCUT2D eigenvalue weighted by molar-refractivity contribution is 5.26. The Morgan fingerprint density at radius 1 is 1.18 bits per heavy atom. The first-order valence-electron chi connectivity index (χ1n) is 5.99. The predicted octanol–water partition coefficient (Wildman–Crippen LogP) is 2.84. The van der Waals surface area contributed by atoms with Crippen LogP contribution in [0.5, 0.6) is 0 Å². The molecule has 1 heterocycles. The molecule has 0 spiro atoms. The van der Waals surface area contributed by atoms with E-state index in [4.69, 9.17) is 4.52 Å². The summed E-state index contributed by atoms with van der Waals surface area (Å²) in [5.74, 6) is 0.886. The van der Waals surface area contributed by atoms with E-state index < -0.39 is 0 Å². The van der Waals surface area contributed by atoms with Gasteiger partial charge in [0.05, 0.1) is 12.2 Å². The number of benzene rings is 1. The third-order valence-corrected chi connectivity index (χ3v) is 2.79. The van der Waals surface area contributed by atoms with Crippen LogP contribution in [0.1, 0.15) is 29.5 Å². The van der Waals surface area contributed by atoms with Crippen molar-refractivity contribution in [3.8, 4) is 0 Å². The predicted molar refractivity (Wildman–Crippen MR) is 67.6 cm³/mol. The van der Waals surface area contributed by atoms with E-state index >= 15 is 0 Å². The average molecular weight is 230 g/mol. The Bertz CT molecular complexity index is 477. The minimum Gasteiger partial charge on any atom is -0.360 e. The van der Waals surface area contributed by atoms with Crippen molar-refractivity contribution in [3.63, 3.8) is 0 Å². The minimum atomic E-state index is 0.721. The first kappa shape index (κ1) is 11.9. The summed E-state index contributed by atoms with van der Waals surface area (Å²) < 4.78 is 5.15. The number of nitrogens with one attached hydrogen (secondary N) is 1. The van der Waals surface area contributed by atoms with Gasteiger partial charge in [-0.2, -0.15) is 0 Å². The summed E-state index contributed by atoms with van der Waals surface area (Å²) in [6.07, 6.45) is 1.07. The van der Waals surface area contributed by atoms with Gasteiger partial charge in [-0.05, 0) is 24.5 Å². The Morgan fingerprint density at radius 2 is 1.94 bits per heavy atom. The molecular weight excluding hydrogens is 212 g/mol. The second-order valence-electron chi connectivity index (χ2n) is 4.16. The Labute approximate surface area is 102 Å². The maximum atomic E-state index is 5.15. The first-order valence-corrected chi connectivity index (χ1v) is 5.99. The monoisotopic (exact) mass is 230 g/mol. The molecule has 0 aliphatic heterocycles. The van der Waals surface area contributed by atoms with Crippen molar-refractivity contribution in [2.45, 2.75) is 33.4 Å². The van der Waals surface area contributed by atoms with E-state index in [1.807, 2.05) is 13.0 Å². The van der Waals surface area contributed by atoms with Crippen molar-refractivity contribution < 1.29 is 4.52 Å². The highest BCUT2D eigenvalue weighted by Gasteiger charge is 2.02. The zero-order chi connectivity index (χ0) is 12.1. The number of hydrogen-bond donors (Lipinski definition) is 1. The van der Waals surface area contributed by atoms with Crippen LogP contribution in [0.3, 0.4) is 0 Å². The molecule has 3 nitrogen and oxygen atoms in total. The third-order valence-electron chi connectivity index (χ3n) is 2.79. The highest BCUT2D eigenvalue weighted by Crippen LogP contribution is 2.09. The fourth-order valence-electron chi connectivity index (χ4n) is 1.89. The lowest BCUT2D eigenvalue weighted by molar-refractivity contribution is 0.369. The normalized spacial score (nSPS) is 10.7. The molecule has 0 saturated heterocycles. The SMILES string of the molecule is CCc1ccccc1CNCc1cc(C)no1. The van der Waals surface area contributed by atoms with E-state index in [-0.39, 0.29) is 0 Å². The Hall–Kier alpha value is -1.61. The molecule has 1 aromatic carbocycles. The number of hydrogen-bond acceptors (Lipinski definition) is 3. The van der Waals surface area contributed by atoms with Crippen LogP contribution in [0, 0.1) is 6.92 Å². The van der Waals surface area contributed by atoms with Gasteiger partial charge in [0.25, 0.3) is 0 Å². The van der Waals surface area contributed by atoms with E-state index in [9.17, 15) is 0 Å². The van der Waals surface area contributed by atoms with Gasteiger partial charge in [0, 0.05) is 12.6 Å². The molecule has 1 N–H and O–H groups in total. The second kappa shape index (κ2) is 5.64. The van der Waals surface area contributed by atoms with Gasteiger partial charge in [-0.3, -0.25) is 0 Å². The Balaban J connectivity index is 1.89. The molecule has 3 heteroatoms. The van der Waals surface area contributed by atoms with Gasteiger partial charge in [-0.25, -0.2) is 0 Å². The van der Waals surface area contributed by atoms with Crippen molar-refractivity contribution >= 4 is 0 Å². The molecule has 2 aromatic rings. The standard InChI is InChI=1S/C14H18N2O/c1-3-12-6-4-5-7-13(12)9-15-10-14-8-11(2)16-17-14/h4-8,15H,3,9-10H2,1-2H3. The van der Waals surface area contributed by atoms with Crippen molar-refractivity contribution in [2.75, 3.05) is 0 Å². The van der Waals surface area contributed by atoms with Crippen LogP contribution in [0.15, 0.2) is 34.9 Å². The lowest BCUT2D eigenvalue weighted by Crippen LogP contribution is -2.13. The van der Waals surface area contributed by atoms with Crippen LogP contribution in [0.4, 0.5) is 0 Å². The third kappa shape index (κ3) is 3.17. The van der Waals surface area contributed by atoms with Gasteiger partial charge in [0.2, 0.25) is 0 Å². The maximum absolute atomic E-state index is 5.15. The van der Waals surface area contributed by atoms with Crippen LogP contribution in [0.2, 0.25) is 0 Å². The first-order chi connectivity index (χ1) is 8.29. The number of rotatable bonds is 5. The van der Waals surface area contributed by atoms with Gasteiger partial charge in [-0.15, -0.1) is 0 Å². The van der Waals surface area contributed by atoms with Gasteiger partial charge in [0.15, 0.2) is 5.76 Å². The quantitative estimate of drug-likeness (QED) is 0.858. The second-order valence-corrected chi connectivity index (χ2v) is 4.16. The molecule has 0 saturated carbocycles. The van der Waals surface area contributed by atoms with Gasteiger partial charge in [-0.1, -0.05) is 36.3 Å². The summed E-state index contributed by atoms with van der Waals surface area (Å²) in [5, 5.41) is 7.23. The lowest BCUT2D eigenvalue weighted by atomic mass is 10.1. The Kier molecular flexibility index (Phi) is 3.94. The van der Waals surface area contributed by atoms with E-state index in [1.165, 1.54) is 11.1 Å². The minimum absolute atomic E-state index is 0.721. The largest absolute Gasteiger partial charge is 0.360 e. The van der Waals surface area contributed by atoms with Crippen LogP contribution < -0.4 is 5.32 Å². The molecule has 0 radical (unpaired) electrons. The summed E-state index contributed by atoms with van der Waals surface area (Å²) >= 11 is 0. The van der Waals surface area contributed by atoms with E-state index in [1.54, 1.807) is 0 Å². The van der Waals surface area contributed by atoms with Crippen molar-refractivity contribution in [1.29, 1.82) is 0 Å². The summed E-state index contributed by atoms with van der Waals surface area (Å²) in [5.41, 5.74) is 3.68. The molecule has 2 rings (SSSR count). The van der Waals surface area contributed by atoms with Gasteiger partial charge >= 0.3 is 0 Å². The summed E-state index contributed by atoms with van der Waals surface area (Å²) in [4.78, 5) is 0. The molecule has 0 unspecified atom stereocenters. The van der Waals surface area contributed by atoms with E-state index in [0.717, 1.165) is 31.0 Å². The average Bonchev–Trinajstić information content (AvgIpc) is 2.76. The topological polar surface area (TPSA) is 38.1 Å². The zero-order valence-electron chi connectivity index (χ0n) is 10.4. The molecule has 17 heavy (non-hydrogen) atoms. The maximum Gasteiger partial charge on any atom is 0.150 e. The lowest BCUT2D eigenvalue weighted by Gasteiger charge is -2.07. The molecule has 0 atom stereocenters. The van der Waals surface area contributed by atoms with Crippen molar-refractivity contribution in [1.82, 2.24) is 10.5 Å². The van der Waals surface area contributed by atoms with Crippen LogP contribution in [0.25, 0.3) is 0 Å². The van der Waals surface area contributed by atoms with Crippen molar-refractivity contribution in [3.05, 3.63) is 52.9 Å². The number of nitrogens with zero attached hydrogens (tertiary/aromatic N) is 1. The van der Waals surface area contributed by atoms with Crippen LogP contribution in [-0.4, -0.2) is 5.16 Å². The summed E-state index contributed by atoms with van der Waals surface area (Å²) in [6, 6.07) is 10.5. The fraction of sp³-hybridized carbons (Fsp3) is 0.357. The zero-order valence-corrected chi connectivity index (χ0v) is 10.4. The summed E-state index contributed by atoms with van der Waals surface area (Å²) in [7, 11) is 0. The van der Waals surface area contributed by atoms with Crippen LogP contribution in [-0.2, 0) is 19.5 Å². The molecule has 90 valence electrons. The molecule has 0 bridgehead atoms. The molecule has 0 amide bonds. The van der Waals surface area contributed by atoms with Gasteiger partial charge < -0.3 is 9.84 Å².